The summed E-state index contributed by atoms with van der Waals surface area (Å²) in [4.78, 5) is 17.0. The average Bonchev–Trinajstić information content (AvgIpc) is 3.08. The maximum absolute atomic E-state index is 13.1. The van der Waals surface area contributed by atoms with Crippen LogP contribution in [0.1, 0.15) is 18.1 Å². The van der Waals surface area contributed by atoms with Gasteiger partial charge < -0.3 is 19.3 Å². The maximum atomic E-state index is 13.1. The number of alkyl halides is 3. The molecule has 2 aromatic rings. The SMILES string of the molecule is CCOC(=O)C1=C(O)C(=Cc2ccc3c(c2)OCCO3)SC1=Nc1cccc(C(F)(F)F)c1. The summed E-state index contributed by atoms with van der Waals surface area (Å²) < 4.78 is 55.3. The summed E-state index contributed by atoms with van der Waals surface area (Å²) in [6, 6.07) is 9.60. The van der Waals surface area contributed by atoms with Crippen molar-refractivity contribution in [2.45, 2.75) is 13.1 Å². The highest BCUT2D eigenvalue weighted by atomic mass is 32.2. The van der Waals surface area contributed by atoms with Crippen molar-refractivity contribution in [3.63, 3.8) is 0 Å². The van der Waals surface area contributed by atoms with E-state index in [0.29, 0.717) is 35.2 Å². The number of hydrogen-bond acceptors (Lipinski definition) is 7. The predicted octanol–water partition coefficient (Wildman–Crippen LogP) is 5.67. The van der Waals surface area contributed by atoms with Crippen molar-refractivity contribution >= 4 is 34.5 Å². The average molecular weight is 477 g/mol. The van der Waals surface area contributed by atoms with E-state index in [1.165, 1.54) is 12.1 Å². The molecule has 2 aliphatic heterocycles. The highest BCUT2D eigenvalue weighted by molar-refractivity contribution is 8.18. The maximum Gasteiger partial charge on any atom is 0.416 e. The van der Waals surface area contributed by atoms with Gasteiger partial charge >= 0.3 is 12.1 Å². The van der Waals surface area contributed by atoms with E-state index in [2.05, 4.69) is 4.99 Å². The highest BCUT2D eigenvalue weighted by Gasteiger charge is 2.34. The third kappa shape index (κ3) is 5.00. The monoisotopic (exact) mass is 477 g/mol. The predicted molar refractivity (Wildman–Crippen MR) is 118 cm³/mol. The van der Waals surface area contributed by atoms with Gasteiger partial charge in [0, 0.05) is 0 Å². The molecule has 0 unspecified atom stereocenters. The molecule has 0 saturated carbocycles. The molecule has 0 aliphatic carbocycles. The summed E-state index contributed by atoms with van der Waals surface area (Å²) in [6.07, 6.45) is -2.92. The first-order valence-corrected chi connectivity index (χ1v) is 10.7. The Labute approximate surface area is 191 Å². The lowest BCUT2D eigenvalue weighted by molar-refractivity contribution is -0.138. The standard InChI is InChI=1S/C23H18F3NO5S/c1-2-30-22(29)19-20(28)18(11-13-6-7-16-17(10-13)32-9-8-31-16)33-21(19)27-15-5-3-4-14(12-15)23(24,25)26/h3-7,10-12,28H,2,8-9H2,1H3. The van der Waals surface area contributed by atoms with Gasteiger partial charge in [0.2, 0.25) is 0 Å². The second kappa shape index (κ2) is 9.22. The molecular formula is C23H18F3NO5S. The number of fused-ring (bicyclic) bond motifs is 1. The summed E-state index contributed by atoms with van der Waals surface area (Å²) in [5.41, 5.74) is -0.423. The lowest BCUT2D eigenvalue weighted by Crippen LogP contribution is -2.15. The number of carbonyl (C=O) groups is 1. The second-order valence-electron chi connectivity index (χ2n) is 6.92. The van der Waals surface area contributed by atoms with Crippen LogP contribution in [0.2, 0.25) is 0 Å². The molecule has 172 valence electrons. The van der Waals surface area contributed by atoms with Crippen LogP contribution >= 0.6 is 11.8 Å². The number of carbonyl (C=O) groups excluding carboxylic acids is 1. The van der Waals surface area contributed by atoms with Crippen LogP contribution in [0.25, 0.3) is 6.08 Å². The van der Waals surface area contributed by atoms with Gasteiger partial charge in [0.25, 0.3) is 0 Å². The molecule has 0 fully saturated rings. The smallest absolute Gasteiger partial charge is 0.416 e. The lowest BCUT2D eigenvalue weighted by atomic mass is 10.1. The third-order valence-electron chi connectivity index (χ3n) is 4.64. The first-order chi connectivity index (χ1) is 15.8. The van der Waals surface area contributed by atoms with E-state index in [4.69, 9.17) is 14.2 Å². The molecule has 0 bridgehead atoms. The zero-order chi connectivity index (χ0) is 23.6. The van der Waals surface area contributed by atoms with Crippen molar-refractivity contribution in [2.75, 3.05) is 19.8 Å². The van der Waals surface area contributed by atoms with Crippen LogP contribution in [0.3, 0.4) is 0 Å². The Kier molecular flexibility index (Phi) is 6.37. The molecule has 6 nitrogen and oxygen atoms in total. The molecule has 0 atom stereocenters. The fraction of sp³-hybridized carbons (Fsp3) is 0.217. The summed E-state index contributed by atoms with van der Waals surface area (Å²) in [7, 11) is 0. The summed E-state index contributed by atoms with van der Waals surface area (Å²) in [6.45, 7) is 2.52. The third-order valence-corrected chi connectivity index (χ3v) is 5.66. The second-order valence-corrected chi connectivity index (χ2v) is 7.95. The number of hydrogen-bond donors (Lipinski definition) is 1. The van der Waals surface area contributed by atoms with Gasteiger partial charge in [0.15, 0.2) is 11.5 Å². The molecule has 2 aliphatic rings. The molecule has 10 heteroatoms. The number of thioether (sulfide) groups is 1. The number of nitrogens with zero attached hydrogens (tertiary/aromatic N) is 1. The zero-order valence-electron chi connectivity index (χ0n) is 17.3. The Morgan fingerprint density at radius 1 is 1.18 bits per heavy atom. The Hall–Kier alpha value is -3.40. The molecule has 0 amide bonds. The molecule has 33 heavy (non-hydrogen) atoms. The van der Waals surface area contributed by atoms with Crippen LogP contribution in [-0.2, 0) is 15.7 Å². The molecule has 4 rings (SSSR count). The molecule has 1 N–H and O–H groups in total. The number of ether oxygens (including phenoxy) is 3. The van der Waals surface area contributed by atoms with E-state index in [-0.39, 0.29) is 28.7 Å². The Morgan fingerprint density at radius 3 is 2.67 bits per heavy atom. The number of benzene rings is 2. The number of esters is 1. The van der Waals surface area contributed by atoms with Crippen molar-refractivity contribution in [1.82, 2.24) is 0 Å². The minimum atomic E-state index is -4.54. The van der Waals surface area contributed by atoms with Crippen molar-refractivity contribution < 1.29 is 37.3 Å². The zero-order valence-corrected chi connectivity index (χ0v) is 18.1. The number of aliphatic hydroxyl groups excluding tert-OH is 1. The summed E-state index contributed by atoms with van der Waals surface area (Å²) in [5, 5.41) is 10.8. The summed E-state index contributed by atoms with van der Waals surface area (Å²) in [5.74, 6) is -0.0374. The quantitative estimate of drug-likeness (QED) is 0.572. The minimum absolute atomic E-state index is 0.0116. The first-order valence-electron chi connectivity index (χ1n) is 9.92. The number of aliphatic hydroxyl groups is 1. The van der Waals surface area contributed by atoms with E-state index < -0.39 is 17.7 Å². The van der Waals surface area contributed by atoms with Crippen molar-refractivity contribution in [1.29, 1.82) is 0 Å². The number of rotatable bonds is 4. The molecule has 2 aromatic carbocycles. The van der Waals surface area contributed by atoms with Gasteiger partial charge in [-0.3, -0.25) is 0 Å². The topological polar surface area (TPSA) is 77.4 Å². The van der Waals surface area contributed by atoms with Gasteiger partial charge in [-0.1, -0.05) is 23.9 Å². The van der Waals surface area contributed by atoms with Crippen LogP contribution in [0.15, 0.2) is 63.7 Å². The molecule has 0 spiro atoms. The van der Waals surface area contributed by atoms with Gasteiger partial charge in [0.1, 0.15) is 29.6 Å². The van der Waals surface area contributed by atoms with Crippen LogP contribution in [0.5, 0.6) is 11.5 Å². The van der Waals surface area contributed by atoms with E-state index in [9.17, 15) is 23.1 Å². The normalized spacial score (nSPS) is 18.2. The molecule has 0 saturated heterocycles. The van der Waals surface area contributed by atoms with Crippen molar-refractivity contribution in [3.05, 3.63) is 69.8 Å². The van der Waals surface area contributed by atoms with Gasteiger partial charge in [-0.15, -0.1) is 0 Å². The molecular weight excluding hydrogens is 459 g/mol. The lowest BCUT2D eigenvalue weighted by Gasteiger charge is -2.18. The Balaban J connectivity index is 1.73. The van der Waals surface area contributed by atoms with E-state index in [0.717, 1.165) is 23.9 Å². The van der Waals surface area contributed by atoms with Crippen LogP contribution in [0, 0.1) is 0 Å². The Bertz CT molecular complexity index is 1190. The van der Waals surface area contributed by atoms with E-state index in [1.807, 2.05) is 0 Å². The number of aliphatic imine (C=N–C) groups is 1. The van der Waals surface area contributed by atoms with Crippen molar-refractivity contribution in [2.24, 2.45) is 4.99 Å². The van der Waals surface area contributed by atoms with Gasteiger partial charge in [-0.2, -0.15) is 13.2 Å². The largest absolute Gasteiger partial charge is 0.506 e. The minimum Gasteiger partial charge on any atom is -0.506 e. The van der Waals surface area contributed by atoms with Crippen LogP contribution in [0.4, 0.5) is 18.9 Å². The Morgan fingerprint density at radius 2 is 1.94 bits per heavy atom. The van der Waals surface area contributed by atoms with Crippen LogP contribution in [-0.4, -0.2) is 35.9 Å². The fourth-order valence-corrected chi connectivity index (χ4v) is 4.20. The van der Waals surface area contributed by atoms with E-state index >= 15 is 0 Å². The molecule has 2 heterocycles. The van der Waals surface area contributed by atoms with Crippen LogP contribution < -0.4 is 9.47 Å². The highest BCUT2D eigenvalue weighted by Crippen LogP contribution is 2.41. The van der Waals surface area contributed by atoms with Gasteiger partial charge in [-0.05, 0) is 48.9 Å². The van der Waals surface area contributed by atoms with Gasteiger partial charge in [-0.25, -0.2) is 9.79 Å². The number of halogens is 3. The van der Waals surface area contributed by atoms with Gasteiger partial charge in [0.05, 0.1) is 22.8 Å². The molecule has 0 radical (unpaired) electrons. The molecule has 0 aromatic heterocycles. The van der Waals surface area contributed by atoms with E-state index in [1.54, 1.807) is 31.2 Å². The fourth-order valence-electron chi connectivity index (χ4n) is 3.16. The summed E-state index contributed by atoms with van der Waals surface area (Å²) >= 11 is 0.954. The van der Waals surface area contributed by atoms with Crippen molar-refractivity contribution in [3.8, 4) is 11.5 Å². The first kappa shape index (κ1) is 22.8.